The van der Waals surface area contributed by atoms with Gasteiger partial charge in [0.1, 0.15) is 5.54 Å². The minimum Gasteiger partial charge on any atom is -0.394 e. The van der Waals surface area contributed by atoms with Gasteiger partial charge in [0.2, 0.25) is 10.0 Å². The molecule has 11 heavy (non-hydrogen) atoms. The maximum absolute atomic E-state index is 10.7. The highest BCUT2D eigenvalue weighted by Gasteiger charge is 2.40. The summed E-state index contributed by atoms with van der Waals surface area (Å²) in [6.07, 6.45) is 1.06. The molecule has 2 N–H and O–H groups in total. The van der Waals surface area contributed by atoms with Gasteiger partial charge in [-0.05, 0) is 0 Å². The molecule has 0 aromatic carbocycles. The maximum Gasteiger partial charge on any atom is 0.209 e. The molecule has 1 rings (SSSR count). The Morgan fingerprint density at radius 3 is 2.27 bits per heavy atom. The molecule has 1 aliphatic heterocycles. The van der Waals surface area contributed by atoms with Crippen LogP contribution in [0.4, 0.5) is 0 Å². The van der Waals surface area contributed by atoms with Crippen molar-refractivity contribution in [3.8, 4) is 0 Å². The van der Waals surface area contributed by atoms with Crippen LogP contribution < -0.4 is 4.72 Å². The molecule has 0 bridgehead atoms. The molecule has 0 radical (unpaired) electrons. The molecule has 6 heteroatoms. The third-order valence-electron chi connectivity index (χ3n) is 1.46. The first kappa shape index (κ1) is 8.92. The quantitative estimate of drug-likeness (QED) is 0.544. The van der Waals surface area contributed by atoms with Crippen LogP contribution in [0.15, 0.2) is 0 Å². The van der Waals surface area contributed by atoms with Gasteiger partial charge in [-0.1, -0.05) is 0 Å². The van der Waals surface area contributed by atoms with Crippen molar-refractivity contribution >= 4 is 10.0 Å². The average molecular weight is 181 g/mol. The molecule has 0 aromatic rings. The summed E-state index contributed by atoms with van der Waals surface area (Å²) in [7, 11) is -3.24. The van der Waals surface area contributed by atoms with Crippen LogP contribution in [0, 0.1) is 0 Å². The number of nitrogens with one attached hydrogen (secondary N) is 1. The minimum absolute atomic E-state index is 0.222. The van der Waals surface area contributed by atoms with E-state index in [0.29, 0.717) is 0 Å². The van der Waals surface area contributed by atoms with E-state index in [9.17, 15) is 8.42 Å². The largest absolute Gasteiger partial charge is 0.394 e. The highest BCUT2D eigenvalue weighted by molar-refractivity contribution is 7.88. The van der Waals surface area contributed by atoms with Crippen LogP contribution in [0.5, 0.6) is 0 Å². The normalized spacial score (nSPS) is 22.7. The number of sulfonamides is 1. The second kappa shape index (κ2) is 2.71. The lowest BCUT2D eigenvalue weighted by Crippen LogP contribution is -2.64. The van der Waals surface area contributed by atoms with Gasteiger partial charge < -0.3 is 9.84 Å². The molecular weight excluding hydrogens is 170 g/mol. The fourth-order valence-electron chi connectivity index (χ4n) is 0.924. The maximum atomic E-state index is 10.7. The van der Waals surface area contributed by atoms with E-state index in [-0.39, 0.29) is 19.8 Å². The first-order valence-corrected chi connectivity index (χ1v) is 5.04. The Morgan fingerprint density at radius 1 is 1.64 bits per heavy atom. The van der Waals surface area contributed by atoms with Crippen molar-refractivity contribution in [1.29, 1.82) is 0 Å². The second-order valence-corrected chi connectivity index (χ2v) is 4.55. The molecule has 0 atom stereocenters. The zero-order valence-corrected chi connectivity index (χ0v) is 7.02. The Morgan fingerprint density at radius 2 is 2.18 bits per heavy atom. The molecular formula is C5H11NO4S. The third kappa shape index (κ3) is 2.13. The standard InChI is InChI=1S/C5H11NO4S/c1-11(8,9)6-5(2-7)3-10-4-5/h6-7H,2-4H2,1H3. The van der Waals surface area contributed by atoms with Crippen LogP contribution in [0.3, 0.4) is 0 Å². The summed E-state index contributed by atoms with van der Waals surface area (Å²) in [5.41, 5.74) is -0.756. The van der Waals surface area contributed by atoms with Gasteiger partial charge in [0.25, 0.3) is 0 Å². The summed E-state index contributed by atoms with van der Waals surface area (Å²) in [6.45, 7) is 0.271. The monoisotopic (exact) mass is 181 g/mol. The molecule has 1 saturated heterocycles. The van der Waals surface area contributed by atoms with E-state index >= 15 is 0 Å². The second-order valence-electron chi connectivity index (χ2n) is 2.81. The van der Waals surface area contributed by atoms with E-state index in [1.165, 1.54) is 0 Å². The predicted octanol–water partition coefficient (Wildman–Crippen LogP) is -1.70. The zero-order chi connectivity index (χ0) is 8.54. The van der Waals surface area contributed by atoms with Crippen molar-refractivity contribution in [2.24, 2.45) is 0 Å². The fourth-order valence-corrected chi connectivity index (χ4v) is 1.89. The summed E-state index contributed by atoms with van der Waals surface area (Å²) in [5.74, 6) is 0. The van der Waals surface area contributed by atoms with Gasteiger partial charge in [0, 0.05) is 0 Å². The Labute approximate surface area is 65.4 Å². The first-order chi connectivity index (χ1) is 4.97. The molecule has 5 nitrogen and oxygen atoms in total. The lowest BCUT2D eigenvalue weighted by molar-refractivity contribution is -0.0857. The number of ether oxygens (including phenoxy) is 1. The predicted molar refractivity (Wildman–Crippen MR) is 38.6 cm³/mol. The van der Waals surface area contributed by atoms with Crippen molar-refractivity contribution in [2.45, 2.75) is 5.54 Å². The Kier molecular flexibility index (Phi) is 2.19. The summed E-state index contributed by atoms with van der Waals surface area (Å²) < 4.78 is 28.5. The van der Waals surface area contributed by atoms with Gasteiger partial charge in [-0.25, -0.2) is 13.1 Å². The van der Waals surface area contributed by atoms with Crippen molar-refractivity contribution in [2.75, 3.05) is 26.1 Å². The Hall–Kier alpha value is -0.170. The van der Waals surface area contributed by atoms with Crippen LogP contribution in [0.1, 0.15) is 0 Å². The minimum atomic E-state index is -3.24. The molecule has 66 valence electrons. The third-order valence-corrected chi connectivity index (χ3v) is 2.27. The lowest BCUT2D eigenvalue weighted by Gasteiger charge is -2.39. The zero-order valence-electron chi connectivity index (χ0n) is 6.20. The van der Waals surface area contributed by atoms with E-state index in [1.807, 2.05) is 0 Å². The lowest BCUT2D eigenvalue weighted by atomic mass is 10.0. The first-order valence-electron chi connectivity index (χ1n) is 3.15. The molecule has 0 aromatic heterocycles. The van der Waals surface area contributed by atoms with Crippen LogP contribution in [-0.2, 0) is 14.8 Å². The number of hydrogen-bond donors (Lipinski definition) is 2. The highest BCUT2D eigenvalue weighted by Crippen LogP contribution is 2.16. The molecule has 0 saturated carbocycles. The molecule has 1 fully saturated rings. The molecule has 0 unspecified atom stereocenters. The summed E-state index contributed by atoms with van der Waals surface area (Å²) in [5, 5.41) is 8.79. The van der Waals surface area contributed by atoms with Gasteiger partial charge >= 0.3 is 0 Å². The number of aliphatic hydroxyl groups is 1. The van der Waals surface area contributed by atoms with Gasteiger partial charge in [0.05, 0.1) is 26.1 Å². The topological polar surface area (TPSA) is 75.6 Å². The van der Waals surface area contributed by atoms with E-state index in [2.05, 4.69) is 4.72 Å². The van der Waals surface area contributed by atoms with Crippen molar-refractivity contribution in [3.63, 3.8) is 0 Å². The average Bonchev–Trinajstić information content (AvgIpc) is 1.77. The number of hydrogen-bond acceptors (Lipinski definition) is 4. The Bertz CT molecular complexity index is 225. The summed E-state index contributed by atoms with van der Waals surface area (Å²) in [4.78, 5) is 0. The molecule has 1 heterocycles. The molecule has 0 spiro atoms. The van der Waals surface area contributed by atoms with Crippen LogP contribution in [0.25, 0.3) is 0 Å². The van der Waals surface area contributed by atoms with Crippen molar-refractivity contribution in [1.82, 2.24) is 4.72 Å². The van der Waals surface area contributed by atoms with E-state index < -0.39 is 15.6 Å². The smallest absolute Gasteiger partial charge is 0.209 e. The number of rotatable bonds is 3. The Balaban J connectivity index is 2.59. The summed E-state index contributed by atoms with van der Waals surface area (Å²) >= 11 is 0. The fraction of sp³-hybridized carbons (Fsp3) is 1.00. The van der Waals surface area contributed by atoms with Crippen LogP contribution in [0.2, 0.25) is 0 Å². The van der Waals surface area contributed by atoms with Gasteiger partial charge in [-0.3, -0.25) is 0 Å². The van der Waals surface area contributed by atoms with Crippen molar-refractivity contribution < 1.29 is 18.3 Å². The highest BCUT2D eigenvalue weighted by atomic mass is 32.2. The summed E-state index contributed by atoms with van der Waals surface area (Å²) in [6, 6.07) is 0. The van der Waals surface area contributed by atoms with Gasteiger partial charge in [-0.15, -0.1) is 0 Å². The van der Waals surface area contributed by atoms with Crippen LogP contribution >= 0.6 is 0 Å². The van der Waals surface area contributed by atoms with Gasteiger partial charge in [-0.2, -0.15) is 0 Å². The SMILES string of the molecule is CS(=O)(=O)NC1(CO)COC1. The van der Waals surface area contributed by atoms with E-state index in [1.54, 1.807) is 0 Å². The number of aliphatic hydroxyl groups excluding tert-OH is 1. The van der Waals surface area contributed by atoms with Gasteiger partial charge in [0.15, 0.2) is 0 Å². The van der Waals surface area contributed by atoms with Crippen molar-refractivity contribution in [3.05, 3.63) is 0 Å². The van der Waals surface area contributed by atoms with Crippen LogP contribution in [-0.4, -0.2) is 45.1 Å². The molecule has 0 aliphatic carbocycles. The molecule has 0 amide bonds. The van der Waals surface area contributed by atoms with E-state index in [4.69, 9.17) is 9.84 Å². The van der Waals surface area contributed by atoms with E-state index in [0.717, 1.165) is 6.26 Å². The molecule has 1 aliphatic rings.